The molecule has 0 aliphatic heterocycles. The molecule has 2 nitrogen and oxygen atoms in total. The highest BCUT2D eigenvalue weighted by atomic mass is 79.9. The summed E-state index contributed by atoms with van der Waals surface area (Å²) in [5, 5.41) is 0.106. The molecule has 0 bridgehead atoms. The average molecular weight is 317 g/mol. The van der Waals surface area contributed by atoms with Gasteiger partial charge in [0.2, 0.25) is 5.88 Å². The SMILES string of the molecule is Fc1cc(COc2cccc(Br)n2)ccc1Cl. The second-order valence-corrected chi connectivity index (χ2v) is 4.56. The number of rotatable bonds is 3. The lowest BCUT2D eigenvalue weighted by Gasteiger charge is -2.06. The molecule has 2 aromatic rings. The van der Waals surface area contributed by atoms with Crippen LogP contribution in [-0.2, 0) is 6.61 Å². The van der Waals surface area contributed by atoms with Gasteiger partial charge in [-0.1, -0.05) is 23.7 Å². The minimum absolute atomic E-state index is 0.106. The van der Waals surface area contributed by atoms with Crippen molar-refractivity contribution < 1.29 is 9.13 Å². The molecule has 5 heteroatoms. The Morgan fingerprint density at radius 3 is 2.82 bits per heavy atom. The van der Waals surface area contributed by atoms with Crippen molar-refractivity contribution in [2.45, 2.75) is 6.61 Å². The Bertz CT molecular complexity index is 536. The maximum absolute atomic E-state index is 13.2. The molecular formula is C12H8BrClFNO. The van der Waals surface area contributed by atoms with Crippen molar-refractivity contribution in [1.29, 1.82) is 0 Å². The Labute approximate surface area is 112 Å². The van der Waals surface area contributed by atoms with Gasteiger partial charge in [-0.25, -0.2) is 9.37 Å². The lowest BCUT2D eigenvalue weighted by Crippen LogP contribution is -1.97. The van der Waals surface area contributed by atoms with E-state index >= 15 is 0 Å². The van der Waals surface area contributed by atoms with Crippen LogP contribution < -0.4 is 4.74 Å². The number of nitrogens with zero attached hydrogens (tertiary/aromatic N) is 1. The molecule has 1 aromatic carbocycles. The molecule has 0 radical (unpaired) electrons. The maximum atomic E-state index is 13.2. The third kappa shape index (κ3) is 3.41. The van der Waals surface area contributed by atoms with Gasteiger partial charge in [0.1, 0.15) is 17.0 Å². The fourth-order valence-electron chi connectivity index (χ4n) is 1.26. The minimum Gasteiger partial charge on any atom is -0.473 e. The highest BCUT2D eigenvalue weighted by molar-refractivity contribution is 9.10. The number of pyridine rings is 1. The largest absolute Gasteiger partial charge is 0.473 e. The number of hydrogen-bond acceptors (Lipinski definition) is 2. The summed E-state index contributed by atoms with van der Waals surface area (Å²) in [4.78, 5) is 4.10. The van der Waals surface area contributed by atoms with Crippen LogP contribution in [0.2, 0.25) is 5.02 Å². The van der Waals surface area contributed by atoms with E-state index in [2.05, 4.69) is 20.9 Å². The van der Waals surface area contributed by atoms with Gasteiger partial charge in [-0.2, -0.15) is 0 Å². The molecule has 17 heavy (non-hydrogen) atoms. The van der Waals surface area contributed by atoms with Gasteiger partial charge in [-0.15, -0.1) is 0 Å². The van der Waals surface area contributed by atoms with Crippen LogP contribution in [0.25, 0.3) is 0 Å². The van der Waals surface area contributed by atoms with E-state index in [1.54, 1.807) is 18.2 Å². The van der Waals surface area contributed by atoms with Gasteiger partial charge in [0.15, 0.2) is 0 Å². The van der Waals surface area contributed by atoms with Crippen molar-refractivity contribution in [2.24, 2.45) is 0 Å². The number of hydrogen-bond donors (Lipinski definition) is 0. The highest BCUT2D eigenvalue weighted by Crippen LogP contribution is 2.17. The summed E-state index contributed by atoms with van der Waals surface area (Å²) in [6.07, 6.45) is 0. The Morgan fingerprint density at radius 2 is 2.12 bits per heavy atom. The maximum Gasteiger partial charge on any atom is 0.214 e. The molecule has 0 aliphatic carbocycles. The monoisotopic (exact) mass is 315 g/mol. The summed E-state index contributed by atoms with van der Waals surface area (Å²) in [6, 6.07) is 9.91. The average Bonchev–Trinajstić information content (AvgIpc) is 2.31. The number of halogens is 3. The first-order valence-corrected chi connectivity index (χ1v) is 6.01. The molecule has 88 valence electrons. The van der Waals surface area contributed by atoms with Crippen molar-refractivity contribution >= 4 is 27.5 Å². The third-order valence-corrected chi connectivity index (χ3v) is 2.81. The number of benzene rings is 1. The lowest BCUT2D eigenvalue weighted by atomic mass is 10.2. The quantitative estimate of drug-likeness (QED) is 0.791. The van der Waals surface area contributed by atoms with E-state index in [9.17, 15) is 4.39 Å². The van der Waals surface area contributed by atoms with E-state index < -0.39 is 5.82 Å². The van der Waals surface area contributed by atoms with E-state index in [1.807, 2.05) is 6.07 Å². The van der Waals surface area contributed by atoms with E-state index in [0.717, 1.165) is 0 Å². The van der Waals surface area contributed by atoms with E-state index in [-0.39, 0.29) is 11.6 Å². The molecule has 1 aromatic heterocycles. The first-order valence-electron chi connectivity index (χ1n) is 4.84. The standard InChI is InChI=1S/C12H8BrClFNO/c13-11-2-1-3-12(16-11)17-7-8-4-5-9(14)10(15)6-8/h1-6H,7H2. The Balaban J connectivity index is 2.05. The molecule has 0 fully saturated rings. The molecule has 0 atom stereocenters. The van der Waals surface area contributed by atoms with Crippen molar-refractivity contribution in [3.8, 4) is 5.88 Å². The Hall–Kier alpha value is -1.13. The van der Waals surface area contributed by atoms with Gasteiger partial charge in [0.05, 0.1) is 5.02 Å². The predicted molar refractivity (Wildman–Crippen MR) is 67.7 cm³/mol. The fourth-order valence-corrected chi connectivity index (χ4v) is 1.70. The zero-order valence-electron chi connectivity index (χ0n) is 8.66. The summed E-state index contributed by atoms with van der Waals surface area (Å²) in [5.41, 5.74) is 0.702. The summed E-state index contributed by atoms with van der Waals surface area (Å²) in [7, 11) is 0. The Kier molecular flexibility index (Phi) is 3.97. The zero-order chi connectivity index (χ0) is 12.3. The normalized spacial score (nSPS) is 10.3. The van der Waals surface area contributed by atoms with Crippen LogP contribution in [0.1, 0.15) is 5.56 Å². The van der Waals surface area contributed by atoms with E-state index in [0.29, 0.717) is 16.0 Å². The topological polar surface area (TPSA) is 22.1 Å². The van der Waals surface area contributed by atoms with Crippen LogP contribution in [0.4, 0.5) is 4.39 Å². The fraction of sp³-hybridized carbons (Fsp3) is 0.0833. The summed E-state index contributed by atoms with van der Waals surface area (Å²) in [6.45, 7) is 0.248. The summed E-state index contributed by atoms with van der Waals surface area (Å²) >= 11 is 8.83. The first kappa shape index (κ1) is 12.3. The second-order valence-electron chi connectivity index (χ2n) is 3.34. The molecule has 0 amide bonds. The smallest absolute Gasteiger partial charge is 0.214 e. The van der Waals surface area contributed by atoms with Crippen LogP contribution in [0.3, 0.4) is 0 Å². The lowest BCUT2D eigenvalue weighted by molar-refractivity contribution is 0.293. The van der Waals surface area contributed by atoms with Gasteiger partial charge < -0.3 is 4.74 Å². The molecule has 0 aliphatic rings. The van der Waals surface area contributed by atoms with Gasteiger partial charge >= 0.3 is 0 Å². The van der Waals surface area contributed by atoms with Gasteiger partial charge in [-0.3, -0.25) is 0 Å². The van der Waals surface area contributed by atoms with Crippen LogP contribution in [-0.4, -0.2) is 4.98 Å². The molecule has 1 heterocycles. The molecule has 0 spiro atoms. The highest BCUT2D eigenvalue weighted by Gasteiger charge is 2.02. The number of ether oxygens (including phenoxy) is 1. The van der Waals surface area contributed by atoms with Crippen LogP contribution in [0, 0.1) is 5.82 Å². The second kappa shape index (κ2) is 5.47. The summed E-state index contributed by atoms with van der Waals surface area (Å²) in [5.74, 6) is 0.0321. The molecule has 0 saturated heterocycles. The van der Waals surface area contributed by atoms with Crippen molar-refractivity contribution in [2.75, 3.05) is 0 Å². The van der Waals surface area contributed by atoms with Crippen LogP contribution in [0.5, 0.6) is 5.88 Å². The Morgan fingerprint density at radius 1 is 1.29 bits per heavy atom. The van der Waals surface area contributed by atoms with Crippen molar-refractivity contribution in [3.63, 3.8) is 0 Å². The molecule has 0 N–H and O–H groups in total. The van der Waals surface area contributed by atoms with Crippen LogP contribution in [0.15, 0.2) is 41.0 Å². The van der Waals surface area contributed by atoms with E-state index in [4.69, 9.17) is 16.3 Å². The van der Waals surface area contributed by atoms with Gasteiger partial charge in [0, 0.05) is 6.07 Å². The van der Waals surface area contributed by atoms with Gasteiger partial charge in [-0.05, 0) is 39.7 Å². The van der Waals surface area contributed by atoms with E-state index in [1.165, 1.54) is 12.1 Å². The predicted octanol–water partition coefficient (Wildman–Crippen LogP) is 4.22. The molecular weight excluding hydrogens is 308 g/mol. The molecule has 0 saturated carbocycles. The molecule has 0 unspecified atom stereocenters. The van der Waals surface area contributed by atoms with Gasteiger partial charge in [0.25, 0.3) is 0 Å². The first-order chi connectivity index (χ1) is 8.15. The number of aromatic nitrogens is 1. The van der Waals surface area contributed by atoms with Crippen LogP contribution >= 0.6 is 27.5 Å². The minimum atomic E-state index is -0.449. The summed E-state index contributed by atoms with van der Waals surface area (Å²) < 4.78 is 19.3. The zero-order valence-corrected chi connectivity index (χ0v) is 11.0. The van der Waals surface area contributed by atoms with Crippen molar-refractivity contribution in [1.82, 2.24) is 4.98 Å². The molecule has 2 rings (SSSR count). The van der Waals surface area contributed by atoms with Crippen molar-refractivity contribution in [3.05, 3.63) is 57.4 Å². The third-order valence-electron chi connectivity index (χ3n) is 2.06.